The Morgan fingerprint density at radius 2 is 1.88 bits per heavy atom. The Hall–Kier alpha value is -3.74. The summed E-state index contributed by atoms with van der Waals surface area (Å²) in [6.07, 6.45) is 2.96. The lowest BCUT2D eigenvalue weighted by Gasteiger charge is -2.11. The van der Waals surface area contributed by atoms with Gasteiger partial charge in [0, 0.05) is 5.39 Å². The number of fused-ring (bicyclic) bond motifs is 1. The number of carbonyl (C=O) groups excluding carboxylic acids is 1. The van der Waals surface area contributed by atoms with Crippen LogP contribution in [0.4, 0.5) is 5.69 Å². The predicted molar refractivity (Wildman–Crippen MR) is 93.9 cm³/mol. The number of nitrogens with one attached hydrogen (secondary N) is 2. The van der Waals surface area contributed by atoms with E-state index < -0.39 is 5.91 Å². The molecule has 0 aliphatic heterocycles. The van der Waals surface area contributed by atoms with Crippen molar-refractivity contribution in [3.05, 3.63) is 83.3 Å². The number of benzene rings is 2. The molecule has 2 aromatic heterocycles. The van der Waals surface area contributed by atoms with Gasteiger partial charge in [-0.05, 0) is 29.7 Å². The van der Waals surface area contributed by atoms with Crippen molar-refractivity contribution in [2.45, 2.75) is 0 Å². The standard InChI is InChI=1S/C18H13N5O2/c24-17-13-6-2-1-5-12(13)9-15(22-17)18(25)21-14-7-3-4-8-16(14)23-11-19-10-20-23/h1-11H,(H,21,25)(H,22,24). The number of aromatic nitrogens is 4. The van der Waals surface area contributed by atoms with Crippen LogP contribution in [0.2, 0.25) is 0 Å². The molecule has 0 atom stereocenters. The summed E-state index contributed by atoms with van der Waals surface area (Å²) in [7, 11) is 0. The van der Waals surface area contributed by atoms with Crippen molar-refractivity contribution in [3.8, 4) is 5.69 Å². The molecular formula is C18H13N5O2. The molecule has 0 aliphatic rings. The van der Waals surface area contributed by atoms with Crippen LogP contribution in [0.15, 0.2) is 72.0 Å². The summed E-state index contributed by atoms with van der Waals surface area (Å²) >= 11 is 0. The maximum atomic E-state index is 12.6. The van der Waals surface area contributed by atoms with Gasteiger partial charge in [-0.1, -0.05) is 30.3 Å². The number of carbonyl (C=O) groups is 1. The monoisotopic (exact) mass is 331 g/mol. The summed E-state index contributed by atoms with van der Waals surface area (Å²) in [5.41, 5.74) is 1.13. The number of anilines is 1. The minimum Gasteiger partial charge on any atom is -0.319 e. The van der Waals surface area contributed by atoms with Crippen molar-refractivity contribution in [2.24, 2.45) is 0 Å². The van der Waals surface area contributed by atoms with Gasteiger partial charge in [0.15, 0.2) is 0 Å². The highest BCUT2D eigenvalue weighted by molar-refractivity contribution is 6.05. The highest BCUT2D eigenvalue weighted by Gasteiger charge is 2.12. The lowest BCUT2D eigenvalue weighted by molar-refractivity contribution is 0.102. The minimum atomic E-state index is -0.407. The summed E-state index contributed by atoms with van der Waals surface area (Å²) in [4.78, 5) is 31.3. The van der Waals surface area contributed by atoms with E-state index in [2.05, 4.69) is 20.4 Å². The molecule has 4 aromatic rings. The van der Waals surface area contributed by atoms with Crippen LogP contribution in [-0.4, -0.2) is 25.7 Å². The Labute approximate surface area is 142 Å². The van der Waals surface area contributed by atoms with Crippen LogP contribution in [0.25, 0.3) is 16.5 Å². The van der Waals surface area contributed by atoms with E-state index in [1.54, 1.807) is 47.4 Å². The quantitative estimate of drug-likeness (QED) is 0.603. The van der Waals surface area contributed by atoms with Crippen LogP contribution in [-0.2, 0) is 0 Å². The molecule has 1 amide bonds. The Morgan fingerprint density at radius 3 is 2.72 bits per heavy atom. The van der Waals surface area contributed by atoms with Crippen LogP contribution in [0.1, 0.15) is 10.5 Å². The van der Waals surface area contributed by atoms with E-state index >= 15 is 0 Å². The molecule has 2 aromatic carbocycles. The van der Waals surface area contributed by atoms with Crippen LogP contribution in [0.3, 0.4) is 0 Å². The Morgan fingerprint density at radius 1 is 1.08 bits per heavy atom. The molecule has 0 aliphatic carbocycles. The lowest BCUT2D eigenvalue weighted by Crippen LogP contribution is -2.19. The van der Waals surface area contributed by atoms with Gasteiger partial charge in [-0.2, -0.15) is 5.10 Å². The third-order valence-electron chi connectivity index (χ3n) is 3.82. The average Bonchev–Trinajstić information content (AvgIpc) is 3.16. The van der Waals surface area contributed by atoms with Gasteiger partial charge in [0.25, 0.3) is 11.5 Å². The second-order valence-corrected chi connectivity index (χ2v) is 5.41. The van der Waals surface area contributed by atoms with E-state index in [4.69, 9.17) is 0 Å². The first kappa shape index (κ1) is 14.8. The SMILES string of the molecule is O=C(Nc1ccccc1-n1cncn1)c1cc2ccccc2c(=O)[nH]1. The first-order valence-electron chi connectivity index (χ1n) is 7.60. The second kappa shape index (κ2) is 6.04. The van der Waals surface area contributed by atoms with Gasteiger partial charge in [-0.25, -0.2) is 9.67 Å². The lowest BCUT2D eigenvalue weighted by atomic mass is 10.1. The van der Waals surface area contributed by atoms with Crippen molar-refractivity contribution >= 4 is 22.4 Å². The maximum absolute atomic E-state index is 12.6. The van der Waals surface area contributed by atoms with E-state index in [0.29, 0.717) is 22.1 Å². The number of pyridine rings is 1. The second-order valence-electron chi connectivity index (χ2n) is 5.41. The maximum Gasteiger partial charge on any atom is 0.272 e. The normalized spacial score (nSPS) is 10.7. The molecule has 2 heterocycles. The van der Waals surface area contributed by atoms with E-state index in [1.165, 1.54) is 6.33 Å². The van der Waals surface area contributed by atoms with E-state index in [9.17, 15) is 9.59 Å². The van der Waals surface area contributed by atoms with Gasteiger partial charge in [-0.3, -0.25) is 9.59 Å². The van der Waals surface area contributed by atoms with Crippen LogP contribution >= 0.6 is 0 Å². The van der Waals surface area contributed by atoms with Crippen molar-refractivity contribution in [1.29, 1.82) is 0 Å². The molecule has 2 N–H and O–H groups in total. The molecule has 4 rings (SSSR count). The van der Waals surface area contributed by atoms with Crippen LogP contribution in [0, 0.1) is 0 Å². The van der Waals surface area contributed by atoms with Crippen LogP contribution in [0.5, 0.6) is 0 Å². The molecule has 0 unspecified atom stereocenters. The zero-order valence-electron chi connectivity index (χ0n) is 13.0. The smallest absolute Gasteiger partial charge is 0.272 e. The molecule has 122 valence electrons. The topological polar surface area (TPSA) is 92.7 Å². The molecule has 7 heteroatoms. The molecule has 25 heavy (non-hydrogen) atoms. The Balaban J connectivity index is 1.71. The van der Waals surface area contributed by atoms with Crippen molar-refractivity contribution in [2.75, 3.05) is 5.32 Å². The van der Waals surface area contributed by atoms with Gasteiger partial charge in [-0.15, -0.1) is 0 Å². The first-order valence-corrected chi connectivity index (χ1v) is 7.60. The highest BCUT2D eigenvalue weighted by atomic mass is 16.2. The molecule has 0 bridgehead atoms. The fraction of sp³-hybridized carbons (Fsp3) is 0. The summed E-state index contributed by atoms with van der Waals surface area (Å²) in [6.45, 7) is 0. The van der Waals surface area contributed by atoms with Gasteiger partial charge in [0.1, 0.15) is 18.3 Å². The van der Waals surface area contributed by atoms with E-state index in [1.807, 2.05) is 18.2 Å². The predicted octanol–water partition coefficient (Wildman–Crippen LogP) is 2.36. The zero-order valence-corrected chi connectivity index (χ0v) is 13.0. The number of aromatic amines is 1. The average molecular weight is 331 g/mol. The van der Waals surface area contributed by atoms with Gasteiger partial charge in [0.05, 0.1) is 11.4 Å². The summed E-state index contributed by atoms with van der Waals surface area (Å²) in [5.74, 6) is -0.407. The fourth-order valence-corrected chi connectivity index (χ4v) is 2.63. The number of hydrogen-bond donors (Lipinski definition) is 2. The molecule has 0 saturated heterocycles. The molecule has 0 fully saturated rings. The van der Waals surface area contributed by atoms with Gasteiger partial charge >= 0.3 is 0 Å². The fourth-order valence-electron chi connectivity index (χ4n) is 2.63. The number of para-hydroxylation sites is 2. The highest BCUT2D eigenvalue weighted by Crippen LogP contribution is 2.19. The Kier molecular flexibility index (Phi) is 3.59. The summed E-state index contributed by atoms with van der Waals surface area (Å²) < 4.78 is 1.55. The minimum absolute atomic E-state index is 0.192. The number of amides is 1. The molecular weight excluding hydrogens is 318 g/mol. The van der Waals surface area contributed by atoms with Crippen LogP contribution < -0.4 is 10.9 Å². The zero-order chi connectivity index (χ0) is 17.2. The molecule has 7 nitrogen and oxygen atoms in total. The summed E-state index contributed by atoms with van der Waals surface area (Å²) in [5, 5.41) is 8.14. The summed E-state index contributed by atoms with van der Waals surface area (Å²) in [6, 6.07) is 16.0. The first-order chi connectivity index (χ1) is 12.2. The van der Waals surface area contributed by atoms with Crippen molar-refractivity contribution < 1.29 is 4.79 Å². The van der Waals surface area contributed by atoms with Gasteiger partial charge in [0.2, 0.25) is 0 Å². The third-order valence-corrected chi connectivity index (χ3v) is 3.82. The van der Waals surface area contributed by atoms with Crippen molar-refractivity contribution in [3.63, 3.8) is 0 Å². The molecule has 0 saturated carbocycles. The number of nitrogens with zero attached hydrogens (tertiary/aromatic N) is 3. The molecule has 0 radical (unpaired) electrons. The largest absolute Gasteiger partial charge is 0.319 e. The number of hydrogen-bond acceptors (Lipinski definition) is 4. The number of H-pyrrole nitrogens is 1. The number of rotatable bonds is 3. The van der Waals surface area contributed by atoms with E-state index in [0.717, 1.165) is 0 Å². The Bertz CT molecular complexity index is 1120. The van der Waals surface area contributed by atoms with E-state index in [-0.39, 0.29) is 11.3 Å². The van der Waals surface area contributed by atoms with Gasteiger partial charge < -0.3 is 10.3 Å². The molecule has 0 spiro atoms. The van der Waals surface area contributed by atoms with Crippen molar-refractivity contribution in [1.82, 2.24) is 19.7 Å². The third kappa shape index (κ3) is 2.78.